The molecule has 164 valence electrons. The highest BCUT2D eigenvalue weighted by molar-refractivity contribution is 5.87. The standard InChI is InChI=1S/C27H32O4/c1-26-16-22(17-3-6-19(29-2)7-4-17)25-20-11-12-27(30-13-14-31-27)15-18(20)5-8-21(25)23(26)9-10-24(26)28/h3-4,6-7,15,21-23H,5,8-14,16H2,1-2H3. The summed E-state index contributed by atoms with van der Waals surface area (Å²) >= 11 is 0. The number of hydrogen-bond donors (Lipinski definition) is 0. The molecule has 5 aliphatic rings. The molecule has 1 heterocycles. The van der Waals surface area contributed by atoms with Gasteiger partial charge >= 0.3 is 0 Å². The Bertz CT molecular complexity index is 965. The number of carbonyl (C=O) groups is 1. The highest BCUT2D eigenvalue weighted by Gasteiger charge is 2.56. The van der Waals surface area contributed by atoms with Gasteiger partial charge in [0.15, 0.2) is 5.79 Å². The van der Waals surface area contributed by atoms with Crippen LogP contribution in [-0.4, -0.2) is 31.9 Å². The van der Waals surface area contributed by atoms with Crippen LogP contribution in [0.2, 0.25) is 0 Å². The third-order valence-corrected chi connectivity index (χ3v) is 8.90. The van der Waals surface area contributed by atoms with Crippen molar-refractivity contribution in [1.82, 2.24) is 0 Å². The van der Waals surface area contributed by atoms with E-state index in [1.165, 1.54) is 11.1 Å². The number of fused-ring (bicyclic) bond motifs is 4. The summed E-state index contributed by atoms with van der Waals surface area (Å²) in [6, 6.07) is 8.55. The van der Waals surface area contributed by atoms with E-state index >= 15 is 0 Å². The van der Waals surface area contributed by atoms with Crippen molar-refractivity contribution in [2.24, 2.45) is 17.3 Å². The molecule has 1 aromatic carbocycles. The van der Waals surface area contributed by atoms with Crippen molar-refractivity contribution in [3.05, 3.63) is 52.6 Å². The Morgan fingerprint density at radius 3 is 2.55 bits per heavy atom. The number of hydrogen-bond acceptors (Lipinski definition) is 4. The van der Waals surface area contributed by atoms with Crippen LogP contribution in [-0.2, 0) is 14.3 Å². The normalized spacial score (nSPS) is 36.1. The summed E-state index contributed by atoms with van der Waals surface area (Å²) in [5.74, 6) is 2.19. The first-order chi connectivity index (χ1) is 15.0. The Balaban J connectivity index is 1.48. The highest BCUT2D eigenvalue weighted by atomic mass is 16.7. The van der Waals surface area contributed by atoms with E-state index in [2.05, 4.69) is 37.3 Å². The predicted molar refractivity (Wildman–Crippen MR) is 118 cm³/mol. The molecule has 31 heavy (non-hydrogen) atoms. The molecular formula is C27H32O4. The first kappa shape index (κ1) is 19.8. The predicted octanol–water partition coefficient (Wildman–Crippen LogP) is 5.34. The van der Waals surface area contributed by atoms with Crippen LogP contribution in [0.15, 0.2) is 47.1 Å². The van der Waals surface area contributed by atoms with Gasteiger partial charge in [-0.05, 0) is 78.9 Å². The maximum atomic E-state index is 13.1. The summed E-state index contributed by atoms with van der Waals surface area (Å²) in [5, 5.41) is 0. The third-order valence-electron chi connectivity index (χ3n) is 8.90. The van der Waals surface area contributed by atoms with Crippen molar-refractivity contribution in [3.8, 4) is 5.75 Å². The zero-order chi connectivity index (χ0) is 21.2. The molecule has 0 aromatic heterocycles. The lowest BCUT2D eigenvalue weighted by Gasteiger charge is -2.50. The van der Waals surface area contributed by atoms with Crippen LogP contribution in [0.5, 0.6) is 5.75 Å². The number of rotatable bonds is 2. The van der Waals surface area contributed by atoms with Gasteiger partial charge in [-0.3, -0.25) is 4.79 Å². The van der Waals surface area contributed by atoms with E-state index in [1.807, 2.05) is 0 Å². The SMILES string of the molecule is COc1ccc(C2CC3(C)C(=O)CCC3C3CCC4=CC5(CCC4=C23)OCCO5)cc1. The highest BCUT2D eigenvalue weighted by Crippen LogP contribution is 2.63. The number of ether oxygens (including phenoxy) is 3. The maximum Gasteiger partial charge on any atom is 0.188 e. The fraction of sp³-hybridized carbons (Fsp3) is 0.593. The summed E-state index contributed by atoms with van der Waals surface area (Å²) in [5.41, 5.74) is 5.73. The van der Waals surface area contributed by atoms with Crippen LogP contribution in [0.3, 0.4) is 0 Å². The Hall–Kier alpha value is -1.91. The molecule has 1 spiro atoms. The monoisotopic (exact) mass is 420 g/mol. The largest absolute Gasteiger partial charge is 0.497 e. The number of benzene rings is 1. The van der Waals surface area contributed by atoms with Crippen LogP contribution < -0.4 is 4.74 Å². The van der Waals surface area contributed by atoms with E-state index in [0.29, 0.717) is 36.8 Å². The van der Waals surface area contributed by atoms with Gasteiger partial charge in [-0.2, -0.15) is 0 Å². The van der Waals surface area contributed by atoms with E-state index in [1.54, 1.807) is 18.3 Å². The maximum absolute atomic E-state index is 13.1. The molecule has 4 aliphatic carbocycles. The molecule has 2 saturated carbocycles. The van der Waals surface area contributed by atoms with Gasteiger partial charge in [0.2, 0.25) is 0 Å². The zero-order valence-electron chi connectivity index (χ0n) is 18.6. The van der Waals surface area contributed by atoms with Crippen molar-refractivity contribution in [1.29, 1.82) is 0 Å². The van der Waals surface area contributed by atoms with Crippen molar-refractivity contribution in [3.63, 3.8) is 0 Å². The lowest BCUT2D eigenvalue weighted by atomic mass is 9.53. The molecule has 0 N–H and O–H groups in total. The molecule has 0 bridgehead atoms. The molecule has 1 aromatic rings. The van der Waals surface area contributed by atoms with Crippen LogP contribution in [0.25, 0.3) is 0 Å². The lowest BCUT2D eigenvalue weighted by molar-refractivity contribution is -0.128. The summed E-state index contributed by atoms with van der Waals surface area (Å²) in [6.45, 7) is 3.64. The molecule has 1 saturated heterocycles. The minimum Gasteiger partial charge on any atom is -0.497 e. The Labute approximate surface area is 184 Å². The van der Waals surface area contributed by atoms with E-state index in [4.69, 9.17) is 14.2 Å². The van der Waals surface area contributed by atoms with E-state index in [0.717, 1.165) is 50.7 Å². The van der Waals surface area contributed by atoms with Crippen LogP contribution >= 0.6 is 0 Å². The molecule has 6 rings (SSSR count). The fourth-order valence-electron chi connectivity index (χ4n) is 7.39. The molecule has 1 aliphatic heterocycles. The van der Waals surface area contributed by atoms with Crippen molar-refractivity contribution in [2.45, 2.75) is 63.6 Å². The third kappa shape index (κ3) is 2.91. The van der Waals surface area contributed by atoms with Gasteiger partial charge in [0.1, 0.15) is 11.5 Å². The molecule has 0 amide bonds. The van der Waals surface area contributed by atoms with Gasteiger partial charge in [0.25, 0.3) is 0 Å². The van der Waals surface area contributed by atoms with E-state index < -0.39 is 5.79 Å². The van der Waals surface area contributed by atoms with Gasteiger partial charge in [-0.1, -0.05) is 24.6 Å². The molecule has 4 unspecified atom stereocenters. The van der Waals surface area contributed by atoms with Crippen LogP contribution in [0.1, 0.15) is 63.4 Å². The second kappa shape index (κ2) is 7.05. The van der Waals surface area contributed by atoms with Crippen molar-refractivity contribution < 1.29 is 19.0 Å². The van der Waals surface area contributed by atoms with E-state index in [9.17, 15) is 4.79 Å². The molecule has 4 heteroatoms. The van der Waals surface area contributed by atoms with E-state index in [-0.39, 0.29) is 5.41 Å². The molecule has 4 nitrogen and oxygen atoms in total. The number of Topliss-reactive ketones (excluding diaryl/α,β-unsaturated/α-hetero) is 1. The fourth-order valence-corrected chi connectivity index (χ4v) is 7.39. The first-order valence-electron chi connectivity index (χ1n) is 11.9. The van der Waals surface area contributed by atoms with Gasteiger partial charge in [0, 0.05) is 24.2 Å². The summed E-state index contributed by atoms with van der Waals surface area (Å²) in [7, 11) is 1.71. The minimum absolute atomic E-state index is 0.186. The smallest absolute Gasteiger partial charge is 0.188 e. The average molecular weight is 421 g/mol. The average Bonchev–Trinajstić information content (AvgIpc) is 3.37. The number of allylic oxidation sites excluding steroid dienone is 3. The summed E-state index contributed by atoms with van der Waals surface area (Å²) < 4.78 is 17.5. The van der Waals surface area contributed by atoms with Gasteiger partial charge in [-0.25, -0.2) is 0 Å². The number of carbonyl (C=O) groups excluding carboxylic acids is 1. The molecule has 3 fully saturated rings. The van der Waals surface area contributed by atoms with Gasteiger partial charge in [-0.15, -0.1) is 0 Å². The summed E-state index contributed by atoms with van der Waals surface area (Å²) in [6.07, 6.45) is 9.17. The van der Waals surface area contributed by atoms with Gasteiger partial charge < -0.3 is 14.2 Å². The Morgan fingerprint density at radius 1 is 1.03 bits per heavy atom. The molecular weight excluding hydrogens is 388 g/mol. The van der Waals surface area contributed by atoms with Crippen LogP contribution in [0, 0.1) is 17.3 Å². The van der Waals surface area contributed by atoms with Crippen molar-refractivity contribution >= 4 is 5.78 Å². The quantitative estimate of drug-likeness (QED) is 0.648. The Kier molecular flexibility index (Phi) is 4.49. The second-order valence-corrected chi connectivity index (χ2v) is 10.3. The summed E-state index contributed by atoms with van der Waals surface area (Å²) in [4.78, 5) is 13.1. The Morgan fingerprint density at radius 2 is 1.81 bits per heavy atom. The first-order valence-corrected chi connectivity index (χ1v) is 11.9. The van der Waals surface area contributed by atoms with Crippen molar-refractivity contribution in [2.75, 3.05) is 20.3 Å². The zero-order valence-corrected chi connectivity index (χ0v) is 18.6. The number of ketones is 1. The molecule has 0 radical (unpaired) electrons. The topological polar surface area (TPSA) is 44.8 Å². The second-order valence-electron chi connectivity index (χ2n) is 10.3. The van der Waals surface area contributed by atoms with Gasteiger partial charge in [0.05, 0.1) is 20.3 Å². The minimum atomic E-state index is -0.492. The molecule has 4 atom stereocenters. The van der Waals surface area contributed by atoms with Crippen LogP contribution in [0.4, 0.5) is 0 Å². The number of methoxy groups -OCH3 is 1. The lowest BCUT2D eigenvalue weighted by Crippen LogP contribution is -2.44.